The van der Waals surface area contributed by atoms with Crippen molar-refractivity contribution in [3.8, 4) is 0 Å². The van der Waals surface area contributed by atoms with E-state index >= 15 is 0 Å². The van der Waals surface area contributed by atoms with Gasteiger partial charge < -0.3 is 14.8 Å². The van der Waals surface area contributed by atoms with Crippen LogP contribution in [0.1, 0.15) is 51.9 Å². The zero-order valence-electron chi connectivity index (χ0n) is 13.1. The highest BCUT2D eigenvalue weighted by Gasteiger charge is 2.36. The van der Waals surface area contributed by atoms with Crippen LogP contribution in [0.25, 0.3) is 0 Å². The summed E-state index contributed by atoms with van der Waals surface area (Å²) in [6.07, 6.45) is 4.56. The van der Waals surface area contributed by atoms with Gasteiger partial charge in [-0.05, 0) is 44.9 Å². The van der Waals surface area contributed by atoms with E-state index in [0.717, 1.165) is 25.7 Å². The van der Waals surface area contributed by atoms with Crippen LogP contribution in [0.5, 0.6) is 0 Å². The maximum absolute atomic E-state index is 11.8. The third kappa shape index (κ3) is 6.03. The molecule has 0 aliphatic heterocycles. The van der Waals surface area contributed by atoms with E-state index in [-0.39, 0.29) is 42.7 Å². The van der Waals surface area contributed by atoms with Gasteiger partial charge in [0.1, 0.15) is 6.10 Å². The molecule has 1 N–H and O–H groups in total. The second kappa shape index (κ2) is 8.15. The molecule has 0 heterocycles. The van der Waals surface area contributed by atoms with Crippen LogP contribution in [0.2, 0.25) is 0 Å². The van der Waals surface area contributed by atoms with Crippen molar-refractivity contribution in [3.05, 3.63) is 0 Å². The molecular weight excluding hydrogens is 286 g/mol. The maximum atomic E-state index is 11.8. The first-order valence-corrected chi connectivity index (χ1v) is 8.23. The van der Waals surface area contributed by atoms with Crippen molar-refractivity contribution in [1.82, 2.24) is 5.32 Å². The summed E-state index contributed by atoms with van der Waals surface area (Å²) in [5.41, 5.74) is 0. The van der Waals surface area contributed by atoms with Crippen molar-refractivity contribution >= 4 is 17.8 Å². The van der Waals surface area contributed by atoms with Crippen molar-refractivity contribution in [3.63, 3.8) is 0 Å². The number of carbonyl (C=O) groups is 3. The van der Waals surface area contributed by atoms with E-state index in [9.17, 15) is 14.4 Å². The van der Waals surface area contributed by atoms with Crippen LogP contribution >= 0.6 is 0 Å². The first kappa shape index (κ1) is 16.8. The van der Waals surface area contributed by atoms with E-state index in [2.05, 4.69) is 5.32 Å². The lowest BCUT2D eigenvalue weighted by molar-refractivity contribution is -0.156. The Balaban J connectivity index is 1.60. The summed E-state index contributed by atoms with van der Waals surface area (Å²) in [6, 6.07) is 0. The Morgan fingerprint density at radius 2 is 1.86 bits per heavy atom. The summed E-state index contributed by atoms with van der Waals surface area (Å²) in [6.45, 7) is 2.59. The zero-order chi connectivity index (χ0) is 15.9. The molecule has 0 saturated heterocycles. The Morgan fingerprint density at radius 1 is 1.14 bits per heavy atom. The number of hydrogen-bond donors (Lipinski definition) is 1. The molecule has 0 aromatic carbocycles. The summed E-state index contributed by atoms with van der Waals surface area (Å²) in [5.74, 6) is -0.0454. The fourth-order valence-electron chi connectivity index (χ4n) is 2.32. The minimum Gasteiger partial charge on any atom is -0.466 e. The van der Waals surface area contributed by atoms with Gasteiger partial charge in [0.2, 0.25) is 5.91 Å². The van der Waals surface area contributed by atoms with Gasteiger partial charge in [-0.2, -0.15) is 0 Å². The Labute approximate surface area is 130 Å². The third-order valence-corrected chi connectivity index (χ3v) is 3.91. The highest BCUT2D eigenvalue weighted by atomic mass is 16.6. The van der Waals surface area contributed by atoms with E-state index in [0.29, 0.717) is 25.5 Å². The molecule has 2 fully saturated rings. The van der Waals surface area contributed by atoms with Gasteiger partial charge in [0.15, 0.2) is 0 Å². The minimum atomic E-state index is -0.354. The molecule has 0 bridgehead atoms. The molecule has 6 heteroatoms. The highest BCUT2D eigenvalue weighted by molar-refractivity contribution is 5.80. The molecular formula is C16H25NO5. The van der Waals surface area contributed by atoms with Crippen molar-refractivity contribution < 1.29 is 23.9 Å². The van der Waals surface area contributed by atoms with Crippen molar-refractivity contribution in [1.29, 1.82) is 0 Å². The largest absolute Gasteiger partial charge is 0.466 e. The lowest BCUT2D eigenvalue weighted by Crippen LogP contribution is -2.27. The predicted octanol–water partition coefficient (Wildman–Crippen LogP) is 1.57. The Hall–Kier alpha value is -1.59. The average molecular weight is 311 g/mol. The molecule has 2 aliphatic rings. The van der Waals surface area contributed by atoms with E-state index in [1.165, 1.54) is 0 Å². The Morgan fingerprint density at radius 3 is 2.45 bits per heavy atom. The van der Waals surface area contributed by atoms with Gasteiger partial charge in [0, 0.05) is 18.9 Å². The lowest BCUT2D eigenvalue weighted by atomic mass is 10.1. The van der Waals surface area contributed by atoms with Gasteiger partial charge in [-0.25, -0.2) is 0 Å². The Kier molecular flexibility index (Phi) is 6.21. The summed E-state index contributed by atoms with van der Waals surface area (Å²) >= 11 is 0. The fourth-order valence-corrected chi connectivity index (χ4v) is 2.32. The molecule has 2 aliphatic carbocycles. The summed E-state index contributed by atoms with van der Waals surface area (Å²) in [5, 5.41) is 2.82. The monoisotopic (exact) mass is 311 g/mol. The summed E-state index contributed by atoms with van der Waals surface area (Å²) < 4.78 is 10.3. The molecule has 6 nitrogen and oxygen atoms in total. The lowest BCUT2D eigenvalue weighted by Gasteiger charge is -2.16. The standard InChI is InChI=1S/C16H25NO5/c1-2-21-15(19)10-13(11-5-6-11)22-14(18)4-3-9-17-16(20)12-7-8-12/h11-13H,2-10H2,1H3,(H,17,20)/t13-/m0/s1. The third-order valence-electron chi connectivity index (χ3n) is 3.91. The molecule has 0 aromatic heterocycles. The van der Waals surface area contributed by atoms with Gasteiger partial charge in [0.25, 0.3) is 0 Å². The smallest absolute Gasteiger partial charge is 0.309 e. The van der Waals surface area contributed by atoms with Crippen molar-refractivity contribution in [2.45, 2.75) is 58.0 Å². The number of rotatable bonds is 10. The van der Waals surface area contributed by atoms with Gasteiger partial charge >= 0.3 is 11.9 Å². The summed E-state index contributed by atoms with van der Waals surface area (Å²) in [4.78, 5) is 34.8. The number of nitrogens with one attached hydrogen (secondary N) is 1. The second-order valence-corrected chi connectivity index (χ2v) is 6.04. The SMILES string of the molecule is CCOC(=O)C[C@H](OC(=O)CCCNC(=O)C1CC1)C1CC1. The molecule has 0 spiro atoms. The molecule has 1 atom stereocenters. The zero-order valence-corrected chi connectivity index (χ0v) is 13.1. The van der Waals surface area contributed by atoms with E-state index in [4.69, 9.17) is 9.47 Å². The molecule has 2 rings (SSSR count). The van der Waals surface area contributed by atoms with Crippen LogP contribution in [0, 0.1) is 11.8 Å². The van der Waals surface area contributed by atoms with Crippen LogP contribution in [-0.4, -0.2) is 37.1 Å². The normalized spacial score (nSPS) is 18.4. The minimum absolute atomic E-state index is 0.0894. The van der Waals surface area contributed by atoms with Crippen LogP contribution in [0.15, 0.2) is 0 Å². The fraction of sp³-hybridized carbons (Fsp3) is 0.812. The quantitative estimate of drug-likeness (QED) is 0.489. The van der Waals surface area contributed by atoms with Gasteiger partial charge in [0.05, 0.1) is 13.0 Å². The number of hydrogen-bond acceptors (Lipinski definition) is 5. The molecule has 124 valence electrons. The predicted molar refractivity (Wildman–Crippen MR) is 78.8 cm³/mol. The van der Waals surface area contributed by atoms with Gasteiger partial charge in [-0.1, -0.05) is 0 Å². The van der Waals surface area contributed by atoms with E-state index < -0.39 is 0 Å². The summed E-state index contributed by atoms with van der Waals surface area (Å²) in [7, 11) is 0. The number of carbonyl (C=O) groups excluding carboxylic acids is 3. The maximum Gasteiger partial charge on any atom is 0.309 e. The molecule has 0 aromatic rings. The average Bonchev–Trinajstić information content (AvgIpc) is 3.35. The first-order valence-electron chi connectivity index (χ1n) is 8.23. The van der Waals surface area contributed by atoms with Crippen LogP contribution in [0.4, 0.5) is 0 Å². The first-order chi connectivity index (χ1) is 10.6. The molecule has 2 saturated carbocycles. The number of amides is 1. The topological polar surface area (TPSA) is 81.7 Å². The highest BCUT2D eigenvalue weighted by Crippen LogP contribution is 2.36. The second-order valence-electron chi connectivity index (χ2n) is 6.04. The van der Waals surface area contributed by atoms with Crippen molar-refractivity contribution in [2.75, 3.05) is 13.2 Å². The van der Waals surface area contributed by atoms with Crippen LogP contribution in [-0.2, 0) is 23.9 Å². The van der Waals surface area contributed by atoms with Gasteiger partial charge in [-0.3, -0.25) is 14.4 Å². The molecule has 22 heavy (non-hydrogen) atoms. The van der Waals surface area contributed by atoms with Crippen molar-refractivity contribution in [2.24, 2.45) is 11.8 Å². The number of esters is 2. The molecule has 0 unspecified atom stereocenters. The molecule has 1 amide bonds. The Bertz CT molecular complexity index is 415. The van der Waals surface area contributed by atoms with E-state index in [1.807, 2.05) is 0 Å². The van der Waals surface area contributed by atoms with Crippen LogP contribution < -0.4 is 5.32 Å². The van der Waals surface area contributed by atoms with Crippen LogP contribution in [0.3, 0.4) is 0 Å². The van der Waals surface area contributed by atoms with E-state index in [1.54, 1.807) is 6.92 Å². The molecule has 0 radical (unpaired) electrons. The number of ether oxygens (including phenoxy) is 2. The van der Waals surface area contributed by atoms with Gasteiger partial charge in [-0.15, -0.1) is 0 Å².